The summed E-state index contributed by atoms with van der Waals surface area (Å²) in [7, 11) is 3.37. The summed E-state index contributed by atoms with van der Waals surface area (Å²) >= 11 is 0. The van der Waals surface area contributed by atoms with Crippen LogP contribution in [0, 0.1) is 5.41 Å². The van der Waals surface area contributed by atoms with Crippen LogP contribution in [0.2, 0.25) is 0 Å². The molecule has 0 fully saturated rings. The maximum absolute atomic E-state index is 12.4. The average molecular weight is 373 g/mol. The number of alkyl halides is 3. The van der Waals surface area contributed by atoms with E-state index in [4.69, 9.17) is 5.41 Å². The third kappa shape index (κ3) is 4.13. The molecule has 4 nitrogen and oxygen atoms in total. The van der Waals surface area contributed by atoms with Crippen molar-refractivity contribution in [2.75, 3.05) is 23.9 Å². The van der Waals surface area contributed by atoms with E-state index in [0.29, 0.717) is 5.69 Å². The number of halogens is 3. The lowest BCUT2D eigenvalue weighted by molar-refractivity contribution is -0.274. The van der Waals surface area contributed by atoms with Gasteiger partial charge in [-0.2, -0.15) is 0 Å². The Balaban J connectivity index is 1.88. The van der Waals surface area contributed by atoms with Gasteiger partial charge < -0.3 is 14.5 Å². The molecule has 0 saturated carbocycles. The zero-order chi connectivity index (χ0) is 19.6. The van der Waals surface area contributed by atoms with Crippen LogP contribution in [-0.2, 0) is 0 Å². The fraction of sp³-hybridized carbons (Fsp3) is 0.150. The molecule has 0 heterocycles. The van der Waals surface area contributed by atoms with Gasteiger partial charge in [0.25, 0.3) is 0 Å². The monoisotopic (exact) mass is 373 g/mol. The van der Waals surface area contributed by atoms with Crippen molar-refractivity contribution >= 4 is 28.1 Å². The van der Waals surface area contributed by atoms with Crippen LogP contribution in [0.15, 0.2) is 66.7 Å². The molecule has 0 atom stereocenters. The predicted molar refractivity (Wildman–Crippen MR) is 102 cm³/mol. The Morgan fingerprint density at radius 2 is 1.56 bits per heavy atom. The zero-order valence-corrected chi connectivity index (χ0v) is 14.8. The second-order valence-electron chi connectivity index (χ2n) is 5.99. The summed E-state index contributed by atoms with van der Waals surface area (Å²) in [5.41, 5.74) is 1.24. The highest BCUT2D eigenvalue weighted by molar-refractivity contribution is 6.09. The van der Waals surface area contributed by atoms with Gasteiger partial charge in [0.2, 0.25) is 5.96 Å². The molecule has 0 saturated heterocycles. The molecule has 140 valence electrons. The van der Waals surface area contributed by atoms with E-state index in [1.807, 2.05) is 42.5 Å². The number of ether oxygens (including phenoxy) is 1. The highest BCUT2D eigenvalue weighted by atomic mass is 19.4. The SMILES string of the molecule is CN(C(=N)N(C)c1cccc2ccccc12)c1cccc(OC(F)(F)F)c1. The highest BCUT2D eigenvalue weighted by Gasteiger charge is 2.31. The summed E-state index contributed by atoms with van der Waals surface area (Å²) in [4.78, 5) is 3.17. The van der Waals surface area contributed by atoms with Crippen LogP contribution in [0.25, 0.3) is 10.8 Å². The first kappa shape index (κ1) is 18.6. The third-order valence-corrected chi connectivity index (χ3v) is 4.20. The maximum atomic E-state index is 12.4. The van der Waals surface area contributed by atoms with Gasteiger partial charge in [-0.15, -0.1) is 13.2 Å². The van der Waals surface area contributed by atoms with Crippen molar-refractivity contribution in [2.45, 2.75) is 6.36 Å². The van der Waals surface area contributed by atoms with E-state index >= 15 is 0 Å². The van der Waals surface area contributed by atoms with Gasteiger partial charge in [0.1, 0.15) is 5.75 Å². The van der Waals surface area contributed by atoms with Gasteiger partial charge in [-0.1, -0.05) is 42.5 Å². The molecule has 1 N–H and O–H groups in total. The predicted octanol–water partition coefficient (Wildman–Crippen LogP) is 5.25. The molecule has 0 spiro atoms. The quantitative estimate of drug-likeness (QED) is 0.504. The zero-order valence-electron chi connectivity index (χ0n) is 14.8. The summed E-state index contributed by atoms with van der Waals surface area (Å²) in [6.45, 7) is 0. The number of nitrogens with zero attached hydrogens (tertiary/aromatic N) is 2. The van der Waals surface area contributed by atoms with E-state index in [9.17, 15) is 13.2 Å². The maximum Gasteiger partial charge on any atom is 0.573 e. The first-order valence-electron chi connectivity index (χ1n) is 8.16. The Labute approximate surface area is 154 Å². The molecule has 0 aliphatic carbocycles. The van der Waals surface area contributed by atoms with Crippen LogP contribution in [0.1, 0.15) is 0 Å². The third-order valence-electron chi connectivity index (χ3n) is 4.20. The fourth-order valence-electron chi connectivity index (χ4n) is 2.85. The van der Waals surface area contributed by atoms with Crippen LogP contribution in [-0.4, -0.2) is 26.4 Å². The van der Waals surface area contributed by atoms with Gasteiger partial charge in [-0.3, -0.25) is 5.41 Å². The Morgan fingerprint density at radius 1 is 0.889 bits per heavy atom. The van der Waals surface area contributed by atoms with Crippen molar-refractivity contribution in [3.05, 3.63) is 66.7 Å². The number of fused-ring (bicyclic) bond motifs is 1. The number of nitrogens with one attached hydrogen (secondary N) is 1. The second-order valence-corrected chi connectivity index (χ2v) is 5.99. The summed E-state index contributed by atoms with van der Waals surface area (Å²) in [6.07, 6.45) is -4.76. The molecule has 3 aromatic rings. The topological polar surface area (TPSA) is 39.6 Å². The van der Waals surface area contributed by atoms with E-state index in [0.717, 1.165) is 16.5 Å². The van der Waals surface area contributed by atoms with Gasteiger partial charge in [-0.25, -0.2) is 0 Å². The lowest BCUT2D eigenvalue weighted by Gasteiger charge is -2.29. The molecule has 0 aromatic heterocycles. The van der Waals surface area contributed by atoms with Crippen LogP contribution >= 0.6 is 0 Å². The van der Waals surface area contributed by atoms with Crippen molar-refractivity contribution in [3.8, 4) is 5.75 Å². The van der Waals surface area contributed by atoms with Crippen LogP contribution < -0.4 is 14.5 Å². The Hall–Kier alpha value is -3.22. The van der Waals surface area contributed by atoms with E-state index in [2.05, 4.69) is 4.74 Å². The van der Waals surface area contributed by atoms with Crippen LogP contribution in [0.5, 0.6) is 5.75 Å². The highest BCUT2D eigenvalue weighted by Crippen LogP contribution is 2.29. The molecular formula is C20H18F3N3O. The average Bonchev–Trinajstić information content (AvgIpc) is 2.64. The second kappa shape index (κ2) is 7.19. The van der Waals surface area contributed by atoms with Crippen molar-refractivity contribution < 1.29 is 17.9 Å². The smallest absolute Gasteiger partial charge is 0.406 e. The standard InChI is InChI=1S/C20H18F3N3O/c1-25(15-9-6-10-16(13-15)27-20(21,22)23)19(24)26(2)18-12-5-8-14-7-3-4-11-17(14)18/h3-13,24H,1-2H3. The molecule has 27 heavy (non-hydrogen) atoms. The van der Waals surface area contributed by atoms with Crippen LogP contribution in [0.3, 0.4) is 0 Å². The Morgan fingerprint density at radius 3 is 2.30 bits per heavy atom. The van der Waals surface area contributed by atoms with E-state index in [1.165, 1.54) is 23.1 Å². The fourth-order valence-corrected chi connectivity index (χ4v) is 2.85. The van der Waals surface area contributed by atoms with Crippen LogP contribution in [0.4, 0.5) is 24.5 Å². The summed E-state index contributed by atoms with van der Waals surface area (Å²) in [5, 5.41) is 10.5. The Kier molecular flexibility index (Phi) is 4.94. The van der Waals surface area contributed by atoms with Gasteiger partial charge in [0.15, 0.2) is 0 Å². The molecule has 7 heteroatoms. The lowest BCUT2D eigenvalue weighted by Crippen LogP contribution is -2.39. The number of guanidine groups is 1. The molecule has 0 aliphatic heterocycles. The van der Waals surface area contributed by atoms with Crippen molar-refractivity contribution in [3.63, 3.8) is 0 Å². The molecule has 0 radical (unpaired) electrons. The molecule has 3 rings (SSSR count). The lowest BCUT2D eigenvalue weighted by atomic mass is 10.1. The Bertz CT molecular complexity index is 967. The van der Waals surface area contributed by atoms with Gasteiger partial charge in [0.05, 0.1) is 5.69 Å². The minimum Gasteiger partial charge on any atom is -0.406 e. The van der Waals surface area contributed by atoms with Crippen molar-refractivity contribution in [2.24, 2.45) is 0 Å². The molecule has 0 bridgehead atoms. The normalized spacial score (nSPS) is 11.3. The number of hydrogen-bond donors (Lipinski definition) is 1. The summed E-state index contributed by atoms with van der Waals surface area (Å²) in [5.74, 6) is -0.219. The largest absolute Gasteiger partial charge is 0.573 e. The number of benzene rings is 3. The molecule has 0 aliphatic rings. The molecule has 3 aromatic carbocycles. The van der Waals surface area contributed by atoms with Gasteiger partial charge >= 0.3 is 6.36 Å². The van der Waals surface area contributed by atoms with E-state index in [1.54, 1.807) is 25.1 Å². The number of anilines is 2. The number of hydrogen-bond acceptors (Lipinski definition) is 2. The van der Waals surface area contributed by atoms with Crippen molar-refractivity contribution in [1.29, 1.82) is 5.41 Å². The first-order valence-corrected chi connectivity index (χ1v) is 8.16. The minimum absolute atomic E-state index is 0.107. The minimum atomic E-state index is -4.76. The molecule has 0 unspecified atom stereocenters. The molecular weight excluding hydrogens is 355 g/mol. The molecule has 0 amide bonds. The van der Waals surface area contributed by atoms with Crippen molar-refractivity contribution in [1.82, 2.24) is 0 Å². The van der Waals surface area contributed by atoms with Gasteiger partial charge in [-0.05, 0) is 23.6 Å². The van der Waals surface area contributed by atoms with E-state index in [-0.39, 0.29) is 11.7 Å². The summed E-state index contributed by atoms with van der Waals surface area (Å²) in [6, 6.07) is 19.1. The first-order chi connectivity index (χ1) is 12.8. The summed E-state index contributed by atoms with van der Waals surface area (Å²) < 4.78 is 41.3. The number of rotatable bonds is 3. The van der Waals surface area contributed by atoms with E-state index < -0.39 is 6.36 Å². The van der Waals surface area contributed by atoms with Gasteiger partial charge in [0, 0.05) is 31.2 Å².